The molecule has 9 heteroatoms. The molecule has 2 fully saturated rings. The lowest BCUT2D eigenvalue weighted by Crippen LogP contribution is -2.46. The van der Waals surface area contributed by atoms with Crippen molar-refractivity contribution in [2.24, 2.45) is 5.92 Å². The predicted octanol–water partition coefficient (Wildman–Crippen LogP) is 4.69. The number of likely N-dealkylation sites (tertiary alicyclic amines) is 2. The number of rotatable bonds is 3. The number of carbonyl (C=O) groups excluding carboxylic acids is 2. The molecule has 3 atom stereocenters. The molecule has 5 heterocycles. The van der Waals surface area contributed by atoms with E-state index >= 15 is 0 Å². The molecule has 2 saturated heterocycles. The van der Waals surface area contributed by atoms with Crippen LogP contribution in [0, 0.1) is 5.92 Å². The van der Waals surface area contributed by atoms with Gasteiger partial charge in [0.25, 0.3) is 0 Å². The Morgan fingerprint density at radius 2 is 1.97 bits per heavy atom. The molecule has 0 radical (unpaired) electrons. The highest BCUT2D eigenvalue weighted by atomic mass is 32.1. The van der Waals surface area contributed by atoms with Crippen molar-refractivity contribution >= 4 is 44.7 Å². The standard InChI is InChI=1S/C28H32N6O2S/c1-18-5-7-23(19-6-8-24-22(14-19)31-27(37-24)20-4-3-11-32(2)17-20)34(16-18)28(36)26(35)30-21-9-12-33-13-10-29-25(33)15-21/h6,8-10,12-15,18,20,23H,3-5,7,11,16-17H2,1-2H3,(H,30,35)/t18-,20?,23+/m0/s1. The lowest BCUT2D eigenvalue weighted by molar-refractivity contribution is -0.146. The number of nitrogens with one attached hydrogen (secondary N) is 1. The third-order valence-corrected chi connectivity index (χ3v) is 8.91. The van der Waals surface area contributed by atoms with Crippen LogP contribution in [0.1, 0.15) is 55.1 Å². The van der Waals surface area contributed by atoms with E-state index in [0.29, 0.717) is 29.7 Å². The van der Waals surface area contributed by atoms with E-state index in [-0.39, 0.29) is 6.04 Å². The number of hydrogen-bond acceptors (Lipinski definition) is 6. The third kappa shape index (κ3) is 4.85. The fraction of sp³-hybridized carbons (Fsp3) is 0.429. The Bertz CT molecular complexity index is 1460. The quantitative estimate of drug-likeness (QED) is 0.400. The molecule has 1 aromatic carbocycles. The molecule has 37 heavy (non-hydrogen) atoms. The van der Waals surface area contributed by atoms with Crippen LogP contribution in [0.4, 0.5) is 5.69 Å². The number of nitrogens with zero attached hydrogens (tertiary/aromatic N) is 5. The number of carbonyl (C=O) groups is 2. The molecule has 4 aromatic rings. The van der Waals surface area contributed by atoms with Gasteiger partial charge in [-0.1, -0.05) is 13.0 Å². The molecule has 8 nitrogen and oxygen atoms in total. The number of aromatic nitrogens is 3. The summed E-state index contributed by atoms with van der Waals surface area (Å²) in [6, 6.07) is 9.78. The first-order valence-electron chi connectivity index (χ1n) is 13.1. The van der Waals surface area contributed by atoms with Crippen molar-refractivity contribution in [3.8, 4) is 0 Å². The van der Waals surface area contributed by atoms with E-state index in [2.05, 4.69) is 47.4 Å². The van der Waals surface area contributed by atoms with Gasteiger partial charge in [0.15, 0.2) is 0 Å². The number of pyridine rings is 1. The largest absolute Gasteiger partial charge is 0.327 e. The molecule has 0 spiro atoms. The van der Waals surface area contributed by atoms with Crippen molar-refractivity contribution in [3.05, 3.63) is 59.5 Å². The van der Waals surface area contributed by atoms with E-state index in [1.54, 1.807) is 34.6 Å². The molecule has 2 aliphatic heterocycles. The second-order valence-electron chi connectivity index (χ2n) is 10.6. The Morgan fingerprint density at radius 3 is 2.84 bits per heavy atom. The fourth-order valence-corrected chi connectivity index (χ4v) is 6.81. The molecule has 0 bridgehead atoms. The zero-order valence-electron chi connectivity index (χ0n) is 21.3. The van der Waals surface area contributed by atoms with Crippen LogP contribution in [-0.4, -0.2) is 62.7 Å². The van der Waals surface area contributed by atoms with E-state index in [1.807, 2.05) is 16.8 Å². The first-order chi connectivity index (χ1) is 17.9. The average molecular weight is 517 g/mol. The summed E-state index contributed by atoms with van der Waals surface area (Å²) in [4.78, 5) is 39.9. The van der Waals surface area contributed by atoms with Gasteiger partial charge in [0.1, 0.15) is 5.65 Å². The molecule has 0 saturated carbocycles. The number of amides is 2. The number of likely N-dealkylation sites (N-methyl/N-ethyl adjacent to an activating group) is 1. The number of imidazole rings is 1. The van der Waals surface area contributed by atoms with E-state index in [4.69, 9.17) is 4.98 Å². The van der Waals surface area contributed by atoms with Crippen LogP contribution in [0.25, 0.3) is 15.9 Å². The molecule has 2 aliphatic rings. The molecular weight excluding hydrogens is 484 g/mol. The number of thiazole rings is 1. The first kappa shape index (κ1) is 24.1. The molecular formula is C28H32N6O2S. The number of benzene rings is 1. The molecule has 1 N–H and O–H groups in total. The van der Waals surface area contributed by atoms with Crippen LogP contribution in [-0.2, 0) is 9.59 Å². The van der Waals surface area contributed by atoms with E-state index in [1.165, 1.54) is 22.5 Å². The maximum atomic E-state index is 13.4. The Morgan fingerprint density at radius 1 is 1.08 bits per heavy atom. The molecule has 6 rings (SSSR count). The Balaban J connectivity index is 1.23. The second-order valence-corrected chi connectivity index (χ2v) is 11.7. The number of piperidine rings is 2. The predicted molar refractivity (Wildman–Crippen MR) is 146 cm³/mol. The summed E-state index contributed by atoms with van der Waals surface area (Å²) in [6.45, 7) is 4.90. The van der Waals surface area contributed by atoms with Crippen LogP contribution >= 0.6 is 11.3 Å². The van der Waals surface area contributed by atoms with Gasteiger partial charge in [-0.05, 0) is 69.0 Å². The lowest BCUT2D eigenvalue weighted by atomic mass is 9.89. The van der Waals surface area contributed by atoms with Crippen molar-refractivity contribution in [3.63, 3.8) is 0 Å². The van der Waals surface area contributed by atoms with Gasteiger partial charge >= 0.3 is 11.8 Å². The minimum Gasteiger partial charge on any atom is -0.327 e. The van der Waals surface area contributed by atoms with E-state index in [0.717, 1.165) is 37.0 Å². The third-order valence-electron chi connectivity index (χ3n) is 7.72. The van der Waals surface area contributed by atoms with Crippen molar-refractivity contribution in [1.29, 1.82) is 0 Å². The summed E-state index contributed by atoms with van der Waals surface area (Å²) in [5, 5.41) is 3.99. The SMILES string of the molecule is C[C@H]1CC[C@H](c2ccc3sc(C4CCCN(C)C4)nc3c2)N(C(=O)C(=O)Nc2ccn3ccnc3c2)C1. The number of fused-ring (bicyclic) bond motifs is 2. The minimum absolute atomic E-state index is 0.139. The van der Waals surface area contributed by atoms with Crippen molar-refractivity contribution in [1.82, 2.24) is 24.2 Å². The molecule has 3 aromatic heterocycles. The summed E-state index contributed by atoms with van der Waals surface area (Å²) >= 11 is 1.79. The smallest absolute Gasteiger partial charge is 0.313 e. The maximum Gasteiger partial charge on any atom is 0.313 e. The van der Waals surface area contributed by atoms with Gasteiger partial charge in [0.2, 0.25) is 0 Å². The van der Waals surface area contributed by atoms with Crippen LogP contribution in [0.3, 0.4) is 0 Å². The summed E-state index contributed by atoms with van der Waals surface area (Å²) in [5.74, 6) is -0.289. The van der Waals surface area contributed by atoms with Gasteiger partial charge < -0.3 is 19.5 Å². The van der Waals surface area contributed by atoms with Gasteiger partial charge in [0, 0.05) is 49.4 Å². The van der Waals surface area contributed by atoms with Gasteiger partial charge in [-0.3, -0.25) is 9.59 Å². The van der Waals surface area contributed by atoms with Crippen molar-refractivity contribution < 1.29 is 9.59 Å². The topological polar surface area (TPSA) is 82.8 Å². The average Bonchev–Trinajstić information content (AvgIpc) is 3.54. The summed E-state index contributed by atoms with van der Waals surface area (Å²) < 4.78 is 3.04. The minimum atomic E-state index is -0.617. The fourth-order valence-electron chi connectivity index (χ4n) is 5.74. The zero-order valence-corrected chi connectivity index (χ0v) is 22.1. The summed E-state index contributed by atoms with van der Waals surface area (Å²) in [6.07, 6.45) is 9.58. The Hall–Kier alpha value is -3.30. The van der Waals surface area contributed by atoms with Crippen molar-refractivity contribution in [2.45, 2.75) is 44.6 Å². The van der Waals surface area contributed by atoms with Crippen molar-refractivity contribution in [2.75, 3.05) is 32.0 Å². The van der Waals surface area contributed by atoms with E-state index < -0.39 is 11.8 Å². The highest BCUT2D eigenvalue weighted by molar-refractivity contribution is 7.18. The molecule has 0 aliphatic carbocycles. The summed E-state index contributed by atoms with van der Waals surface area (Å²) in [5.41, 5.74) is 3.32. The summed E-state index contributed by atoms with van der Waals surface area (Å²) in [7, 11) is 2.18. The van der Waals surface area contributed by atoms with Gasteiger partial charge in [-0.2, -0.15) is 0 Å². The van der Waals surface area contributed by atoms with E-state index in [9.17, 15) is 9.59 Å². The van der Waals surface area contributed by atoms with Crippen LogP contribution < -0.4 is 5.32 Å². The zero-order chi connectivity index (χ0) is 25.5. The first-order valence-corrected chi connectivity index (χ1v) is 13.9. The monoisotopic (exact) mass is 516 g/mol. The number of hydrogen-bond donors (Lipinski definition) is 1. The van der Waals surface area contributed by atoms with Gasteiger partial charge in [-0.15, -0.1) is 11.3 Å². The molecule has 1 unspecified atom stereocenters. The highest BCUT2D eigenvalue weighted by Gasteiger charge is 2.34. The van der Waals surface area contributed by atoms with Crippen LogP contribution in [0.2, 0.25) is 0 Å². The van der Waals surface area contributed by atoms with Crippen LogP contribution in [0.5, 0.6) is 0 Å². The van der Waals surface area contributed by atoms with Gasteiger partial charge in [-0.25, -0.2) is 9.97 Å². The maximum absolute atomic E-state index is 13.4. The van der Waals surface area contributed by atoms with Gasteiger partial charge in [0.05, 0.1) is 21.3 Å². The lowest BCUT2D eigenvalue weighted by Gasteiger charge is -2.38. The Labute approximate surface area is 220 Å². The molecule has 192 valence electrons. The van der Waals surface area contributed by atoms with Crippen LogP contribution in [0.15, 0.2) is 48.9 Å². The second kappa shape index (κ2) is 9.87. The highest BCUT2D eigenvalue weighted by Crippen LogP contribution is 2.37. The molecule has 2 amide bonds. The normalized spacial score (nSPS) is 23.0. The number of anilines is 1. The Kier molecular flexibility index (Phi) is 6.42.